The minimum absolute atomic E-state index is 0.125. The number of benzene rings is 2. The van der Waals surface area contributed by atoms with Gasteiger partial charge in [-0.1, -0.05) is 23.7 Å². The fraction of sp³-hybridized carbons (Fsp3) is 0.143. The molecule has 0 aliphatic rings. The van der Waals surface area contributed by atoms with Crippen LogP contribution in [0.15, 0.2) is 70.2 Å². The minimum atomic E-state index is -0.339. The second kappa shape index (κ2) is 8.99. The van der Waals surface area contributed by atoms with Crippen molar-refractivity contribution in [3.05, 3.63) is 77.2 Å². The number of hydrogen-bond donors (Lipinski definition) is 2. The zero-order valence-electron chi connectivity index (χ0n) is 15.4. The van der Waals surface area contributed by atoms with Crippen molar-refractivity contribution in [2.24, 2.45) is 0 Å². The van der Waals surface area contributed by atoms with E-state index in [0.29, 0.717) is 16.4 Å². The Kier molecular flexibility index (Phi) is 6.44. The van der Waals surface area contributed by atoms with Gasteiger partial charge < -0.3 is 15.1 Å². The average molecular weight is 415 g/mol. The van der Waals surface area contributed by atoms with E-state index in [1.165, 1.54) is 18.0 Å². The van der Waals surface area contributed by atoms with Crippen LogP contribution < -0.4 is 10.6 Å². The van der Waals surface area contributed by atoms with E-state index >= 15 is 0 Å². The number of nitrogens with one attached hydrogen (secondary N) is 2. The Bertz CT molecular complexity index is 989. The predicted molar refractivity (Wildman–Crippen MR) is 113 cm³/mol. The smallest absolute Gasteiger partial charge is 0.291 e. The largest absolute Gasteiger partial charge is 0.459 e. The molecule has 0 fully saturated rings. The monoisotopic (exact) mass is 414 g/mol. The number of carbonyl (C=O) groups is 2. The normalized spacial score (nSPS) is 11.7. The Morgan fingerprint density at radius 2 is 1.86 bits per heavy atom. The fourth-order valence-corrected chi connectivity index (χ4v) is 3.58. The highest BCUT2D eigenvalue weighted by Crippen LogP contribution is 2.28. The summed E-state index contributed by atoms with van der Waals surface area (Å²) < 4.78 is 5.09. The van der Waals surface area contributed by atoms with Gasteiger partial charge in [0.1, 0.15) is 0 Å². The number of halogens is 1. The van der Waals surface area contributed by atoms with Crippen molar-refractivity contribution in [2.45, 2.75) is 24.0 Å². The van der Waals surface area contributed by atoms with Gasteiger partial charge in [-0.25, -0.2) is 0 Å². The van der Waals surface area contributed by atoms with E-state index in [1.807, 2.05) is 38.1 Å². The molecule has 1 atom stereocenters. The summed E-state index contributed by atoms with van der Waals surface area (Å²) in [6.07, 6.45) is 1.45. The Balaban J connectivity index is 1.63. The zero-order valence-corrected chi connectivity index (χ0v) is 16.9. The van der Waals surface area contributed by atoms with E-state index < -0.39 is 0 Å². The lowest BCUT2D eigenvalue weighted by Crippen LogP contribution is -2.22. The Morgan fingerprint density at radius 1 is 1.07 bits per heavy atom. The van der Waals surface area contributed by atoms with Crippen molar-refractivity contribution in [3.8, 4) is 0 Å². The van der Waals surface area contributed by atoms with Gasteiger partial charge in [0, 0.05) is 21.3 Å². The second-order valence-corrected chi connectivity index (χ2v) is 7.94. The Hall–Kier alpha value is -2.70. The highest BCUT2D eigenvalue weighted by atomic mass is 35.5. The molecule has 0 aliphatic carbocycles. The average Bonchev–Trinajstić information content (AvgIpc) is 3.20. The van der Waals surface area contributed by atoms with Gasteiger partial charge in [-0.05, 0) is 61.9 Å². The van der Waals surface area contributed by atoms with E-state index in [4.69, 9.17) is 16.0 Å². The molecule has 0 saturated carbocycles. The van der Waals surface area contributed by atoms with Crippen LogP contribution in [0.4, 0.5) is 11.4 Å². The summed E-state index contributed by atoms with van der Waals surface area (Å²) in [5, 5.41) is 5.96. The van der Waals surface area contributed by atoms with Crippen LogP contribution in [0.25, 0.3) is 0 Å². The molecule has 0 spiro atoms. The quantitative estimate of drug-likeness (QED) is 0.514. The molecule has 1 heterocycles. The van der Waals surface area contributed by atoms with Gasteiger partial charge in [-0.3, -0.25) is 9.59 Å². The van der Waals surface area contributed by atoms with E-state index in [1.54, 1.807) is 30.3 Å². The molecule has 144 valence electrons. The zero-order chi connectivity index (χ0) is 20.1. The first-order chi connectivity index (χ1) is 13.4. The number of thioether (sulfide) groups is 1. The third-order valence-electron chi connectivity index (χ3n) is 4.04. The second-order valence-electron chi connectivity index (χ2n) is 6.12. The van der Waals surface area contributed by atoms with E-state index in [-0.39, 0.29) is 22.8 Å². The van der Waals surface area contributed by atoms with Gasteiger partial charge in [-0.15, -0.1) is 11.8 Å². The van der Waals surface area contributed by atoms with E-state index in [0.717, 1.165) is 10.5 Å². The first kappa shape index (κ1) is 20.0. The summed E-state index contributed by atoms with van der Waals surface area (Å²) in [6, 6.07) is 16.0. The Morgan fingerprint density at radius 3 is 2.61 bits per heavy atom. The van der Waals surface area contributed by atoms with Crippen LogP contribution in [-0.2, 0) is 4.79 Å². The number of amides is 2. The molecule has 7 heteroatoms. The van der Waals surface area contributed by atoms with E-state index in [2.05, 4.69) is 10.6 Å². The maximum absolute atomic E-state index is 12.5. The molecule has 0 saturated heterocycles. The molecule has 2 aromatic carbocycles. The molecule has 0 radical (unpaired) electrons. The van der Waals surface area contributed by atoms with Crippen molar-refractivity contribution in [1.82, 2.24) is 0 Å². The molecule has 1 unspecified atom stereocenters. The predicted octanol–water partition coefficient (Wildman–Crippen LogP) is 5.61. The molecular formula is C21H19ClN2O3S. The highest BCUT2D eigenvalue weighted by molar-refractivity contribution is 8.00. The lowest BCUT2D eigenvalue weighted by Gasteiger charge is -2.14. The van der Waals surface area contributed by atoms with Crippen LogP contribution in [0.3, 0.4) is 0 Å². The topological polar surface area (TPSA) is 71.3 Å². The molecule has 0 aliphatic heterocycles. The number of rotatable bonds is 6. The summed E-state index contributed by atoms with van der Waals surface area (Å²) >= 11 is 7.50. The molecule has 3 rings (SSSR count). The standard InChI is InChI=1S/C21H19ClN2O3S/c1-13-17(22)8-4-9-18(13)24-20(25)14(2)28-16-7-3-6-15(12-16)23-21(26)19-10-5-11-27-19/h3-12,14H,1-2H3,(H,23,26)(H,24,25). The van der Waals surface area contributed by atoms with Gasteiger partial charge in [0.25, 0.3) is 5.91 Å². The molecule has 5 nitrogen and oxygen atoms in total. The van der Waals surface area contributed by atoms with Crippen molar-refractivity contribution in [3.63, 3.8) is 0 Å². The molecule has 2 N–H and O–H groups in total. The van der Waals surface area contributed by atoms with Crippen molar-refractivity contribution < 1.29 is 14.0 Å². The van der Waals surface area contributed by atoms with Gasteiger partial charge in [0.2, 0.25) is 5.91 Å². The summed E-state index contributed by atoms with van der Waals surface area (Å²) in [4.78, 5) is 25.5. The van der Waals surface area contributed by atoms with Crippen LogP contribution in [0.5, 0.6) is 0 Å². The van der Waals surface area contributed by atoms with Crippen LogP contribution in [0.1, 0.15) is 23.0 Å². The third kappa shape index (κ3) is 4.97. The van der Waals surface area contributed by atoms with Crippen molar-refractivity contribution >= 4 is 46.6 Å². The Labute approximate surface area is 172 Å². The number of hydrogen-bond acceptors (Lipinski definition) is 4. The summed E-state index contributed by atoms with van der Waals surface area (Å²) in [5.41, 5.74) is 2.16. The molecule has 2 amide bonds. The molecular weight excluding hydrogens is 396 g/mol. The summed E-state index contributed by atoms with van der Waals surface area (Å²) in [7, 11) is 0. The fourth-order valence-electron chi connectivity index (χ4n) is 2.48. The van der Waals surface area contributed by atoms with Crippen LogP contribution in [0, 0.1) is 6.92 Å². The molecule has 3 aromatic rings. The van der Waals surface area contributed by atoms with Gasteiger partial charge in [0.15, 0.2) is 5.76 Å². The van der Waals surface area contributed by atoms with Crippen molar-refractivity contribution in [1.29, 1.82) is 0 Å². The maximum atomic E-state index is 12.5. The number of anilines is 2. The first-order valence-electron chi connectivity index (χ1n) is 8.61. The SMILES string of the molecule is Cc1c(Cl)cccc1NC(=O)C(C)Sc1cccc(NC(=O)c2ccco2)c1. The number of carbonyl (C=O) groups excluding carboxylic acids is 2. The minimum Gasteiger partial charge on any atom is -0.459 e. The third-order valence-corrected chi connectivity index (χ3v) is 5.55. The highest BCUT2D eigenvalue weighted by Gasteiger charge is 2.16. The first-order valence-corrected chi connectivity index (χ1v) is 9.87. The van der Waals surface area contributed by atoms with Gasteiger partial charge >= 0.3 is 0 Å². The van der Waals surface area contributed by atoms with E-state index in [9.17, 15) is 9.59 Å². The molecule has 28 heavy (non-hydrogen) atoms. The van der Waals surface area contributed by atoms with Crippen LogP contribution >= 0.6 is 23.4 Å². The maximum Gasteiger partial charge on any atom is 0.291 e. The number of furan rings is 1. The lowest BCUT2D eigenvalue weighted by atomic mass is 10.2. The molecule has 1 aromatic heterocycles. The summed E-state index contributed by atoms with van der Waals surface area (Å²) in [6.45, 7) is 3.69. The summed E-state index contributed by atoms with van der Waals surface area (Å²) in [5.74, 6) is -0.211. The van der Waals surface area contributed by atoms with Gasteiger partial charge in [-0.2, -0.15) is 0 Å². The van der Waals surface area contributed by atoms with Crippen LogP contribution in [0.2, 0.25) is 5.02 Å². The van der Waals surface area contributed by atoms with Crippen LogP contribution in [-0.4, -0.2) is 17.1 Å². The van der Waals surface area contributed by atoms with Crippen molar-refractivity contribution in [2.75, 3.05) is 10.6 Å². The molecule has 0 bridgehead atoms. The lowest BCUT2D eigenvalue weighted by molar-refractivity contribution is -0.115. The van der Waals surface area contributed by atoms with Gasteiger partial charge in [0.05, 0.1) is 11.5 Å².